The molecule has 0 aliphatic carbocycles. The summed E-state index contributed by atoms with van der Waals surface area (Å²) in [6, 6.07) is 2.97. The minimum Gasteiger partial charge on any atom is -0.459 e. The van der Waals surface area contributed by atoms with Crippen LogP contribution in [0.2, 0.25) is 0 Å². The molecule has 84 valence electrons. The van der Waals surface area contributed by atoms with Crippen LogP contribution in [-0.2, 0) is 4.74 Å². The quantitative estimate of drug-likeness (QED) is 0.757. The van der Waals surface area contributed by atoms with Crippen molar-refractivity contribution in [1.29, 1.82) is 5.26 Å². The molecule has 1 aromatic heterocycles. The molecule has 0 unspecified atom stereocenters. The van der Waals surface area contributed by atoms with Crippen LogP contribution < -0.4 is 5.56 Å². The molecule has 1 aromatic rings. The summed E-state index contributed by atoms with van der Waals surface area (Å²) in [4.78, 5) is 25.3. The highest BCUT2D eigenvalue weighted by Crippen LogP contribution is 2.08. The number of aromatic amines is 1. The lowest BCUT2D eigenvalue weighted by Gasteiger charge is -2.09. The van der Waals surface area contributed by atoms with Crippen molar-refractivity contribution in [2.75, 3.05) is 0 Å². The molecule has 1 N–H and O–H groups in total. The zero-order chi connectivity index (χ0) is 12.3. The van der Waals surface area contributed by atoms with Crippen molar-refractivity contribution >= 4 is 5.97 Å². The lowest BCUT2D eigenvalue weighted by Crippen LogP contribution is -2.19. The molecule has 0 saturated heterocycles. The maximum Gasteiger partial charge on any atom is 0.340 e. The smallest absolute Gasteiger partial charge is 0.340 e. The minimum atomic E-state index is -0.541. The second-order valence-electron chi connectivity index (χ2n) is 3.62. The Bertz CT molecular complexity index is 509. The number of nitriles is 1. The molecule has 0 spiro atoms. The Hall–Kier alpha value is -2.09. The van der Waals surface area contributed by atoms with Crippen LogP contribution in [-0.4, -0.2) is 17.1 Å². The number of carbonyl (C=O) groups excluding carboxylic acids is 1. The largest absolute Gasteiger partial charge is 0.459 e. The topological polar surface area (TPSA) is 83.0 Å². The van der Waals surface area contributed by atoms with Crippen LogP contribution in [0.5, 0.6) is 0 Å². The molecular formula is C11H12N2O3. The Morgan fingerprint density at radius 2 is 2.19 bits per heavy atom. The van der Waals surface area contributed by atoms with Gasteiger partial charge in [-0.1, -0.05) is 0 Å². The summed E-state index contributed by atoms with van der Waals surface area (Å²) in [5.74, 6) is -0.541. The fourth-order valence-electron chi connectivity index (χ4n) is 1.20. The standard InChI is InChI=1S/C11H12N2O3/c1-6(2)16-11(15)9-4-8(5-12)10(14)13-7(9)3/h4,6H,1-3H3,(H,13,14). The van der Waals surface area contributed by atoms with Crippen LogP contribution >= 0.6 is 0 Å². The van der Waals surface area contributed by atoms with E-state index >= 15 is 0 Å². The second-order valence-corrected chi connectivity index (χ2v) is 3.62. The highest BCUT2D eigenvalue weighted by atomic mass is 16.5. The van der Waals surface area contributed by atoms with E-state index in [1.807, 2.05) is 0 Å². The maximum atomic E-state index is 11.6. The van der Waals surface area contributed by atoms with Crippen molar-refractivity contribution in [2.24, 2.45) is 0 Å². The number of hydrogen-bond donors (Lipinski definition) is 1. The first-order valence-electron chi connectivity index (χ1n) is 4.80. The molecule has 0 aromatic carbocycles. The number of pyridine rings is 1. The van der Waals surface area contributed by atoms with Gasteiger partial charge in [0.05, 0.1) is 11.7 Å². The fourth-order valence-corrected chi connectivity index (χ4v) is 1.20. The van der Waals surface area contributed by atoms with Gasteiger partial charge in [-0.2, -0.15) is 5.26 Å². The average Bonchev–Trinajstić information content (AvgIpc) is 2.16. The first-order chi connectivity index (χ1) is 7.45. The van der Waals surface area contributed by atoms with Gasteiger partial charge in [-0.3, -0.25) is 4.79 Å². The van der Waals surface area contributed by atoms with Gasteiger partial charge in [0.25, 0.3) is 5.56 Å². The van der Waals surface area contributed by atoms with Gasteiger partial charge >= 0.3 is 5.97 Å². The van der Waals surface area contributed by atoms with Gasteiger partial charge < -0.3 is 9.72 Å². The van der Waals surface area contributed by atoms with E-state index in [0.717, 1.165) is 0 Å². The first-order valence-corrected chi connectivity index (χ1v) is 4.80. The van der Waals surface area contributed by atoms with E-state index in [1.54, 1.807) is 26.8 Å². The number of nitrogens with one attached hydrogen (secondary N) is 1. The zero-order valence-electron chi connectivity index (χ0n) is 9.33. The number of aryl methyl sites for hydroxylation is 1. The van der Waals surface area contributed by atoms with Gasteiger partial charge in [0.2, 0.25) is 0 Å². The number of H-pyrrole nitrogens is 1. The van der Waals surface area contributed by atoms with Gasteiger partial charge in [-0.25, -0.2) is 4.79 Å². The molecule has 5 nitrogen and oxygen atoms in total. The average molecular weight is 220 g/mol. The highest BCUT2D eigenvalue weighted by Gasteiger charge is 2.15. The molecule has 0 amide bonds. The first kappa shape index (κ1) is 12.0. The van der Waals surface area contributed by atoms with E-state index < -0.39 is 11.5 Å². The summed E-state index contributed by atoms with van der Waals surface area (Å²) in [6.45, 7) is 5.04. The van der Waals surface area contributed by atoms with E-state index in [-0.39, 0.29) is 17.2 Å². The number of nitrogens with zero attached hydrogens (tertiary/aromatic N) is 1. The maximum absolute atomic E-state index is 11.6. The summed E-state index contributed by atoms with van der Waals surface area (Å²) >= 11 is 0. The van der Waals surface area contributed by atoms with E-state index in [0.29, 0.717) is 5.69 Å². The Labute approximate surface area is 92.7 Å². The number of carbonyl (C=O) groups is 1. The van der Waals surface area contributed by atoms with Crippen molar-refractivity contribution in [3.8, 4) is 6.07 Å². The molecule has 1 heterocycles. The summed E-state index contributed by atoms with van der Waals surface area (Å²) < 4.78 is 4.99. The number of esters is 1. The van der Waals surface area contributed by atoms with E-state index in [2.05, 4.69) is 4.98 Å². The summed E-state index contributed by atoms with van der Waals surface area (Å²) in [6.07, 6.45) is -0.246. The SMILES string of the molecule is Cc1[nH]c(=O)c(C#N)cc1C(=O)OC(C)C. The summed E-state index contributed by atoms with van der Waals surface area (Å²) in [5, 5.41) is 8.68. The normalized spacial score (nSPS) is 9.94. The molecule has 0 saturated carbocycles. The molecule has 0 bridgehead atoms. The van der Waals surface area contributed by atoms with Crippen molar-refractivity contribution in [3.05, 3.63) is 33.2 Å². The molecule has 1 rings (SSSR count). The number of ether oxygens (including phenoxy) is 1. The van der Waals surface area contributed by atoms with Crippen molar-refractivity contribution < 1.29 is 9.53 Å². The number of rotatable bonds is 2. The highest BCUT2D eigenvalue weighted by molar-refractivity contribution is 5.90. The molecule has 0 radical (unpaired) electrons. The van der Waals surface area contributed by atoms with Crippen LogP contribution in [0, 0.1) is 18.3 Å². The van der Waals surface area contributed by atoms with Gasteiger partial charge in [-0.05, 0) is 26.8 Å². The lowest BCUT2D eigenvalue weighted by molar-refractivity contribution is 0.0376. The van der Waals surface area contributed by atoms with Crippen LogP contribution in [0.3, 0.4) is 0 Å². The van der Waals surface area contributed by atoms with Crippen molar-refractivity contribution in [1.82, 2.24) is 4.98 Å². The van der Waals surface area contributed by atoms with Gasteiger partial charge in [0.15, 0.2) is 0 Å². The number of hydrogen-bond acceptors (Lipinski definition) is 4. The van der Waals surface area contributed by atoms with E-state index in [4.69, 9.17) is 10.00 Å². The van der Waals surface area contributed by atoms with Gasteiger partial charge in [-0.15, -0.1) is 0 Å². The number of aromatic nitrogens is 1. The van der Waals surface area contributed by atoms with Gasteiger partial charge in [0.1, 0.15) is 11.6 Å². The third-order valence-electron chi connectivity index (χ3n) is 1.92. The predicted molar refractivity (Wildman–Crippen MR) is 57.1 cm³/mol. The lowest BCUT2D eigenvalue weighted by atomic mass is 10.1. The Balaban J connectivity index is 3.20. The van der Waals surface area contributed by atoms with E-state index in [1.165, 1.54) is 6.07 Å². The molecule has 0 atom stereocenters. The second kappa shape index (κ2) is 4.62. The minimum absolute atomic E-state index is 0.0960. The molecule has 0 aliphatic heterocycles. The molecular weight excluding hydrogens is 208 g/mol. The fraction of sp³-hybridized carbons (Fsp3) is 0.364. The third-order valence-corrected chi connectivity index (χ3v) is 1.92. The van der Waals surface area contributed by atoms with Crippen LogP contribution in [0.1, 0.15) is 35.5 Å². The van der Waals surface area contributed by atoms with Crippen LogP contribution in [0.25, 0.3) is 0 Å². The monoisotopic (exact) mass is 220 g/mol. The van der Waals surface area contributed by atoms with Crippen LogP contribution in [0.15, 0.2) is 10.9 Å². The predicted octanol–water partition coefficient (Wildman–Crippen LogP) is 1.12. The molecule has 5 heteroatoms. The Morgan fingerprint density at radius 3 is 2.69 bits per heavy atom. The molecule has 0 aliphatic rings. The third kappa shape index (κ3) is 2.48. The molecule has 16 heavy (non-hydrogen) atoms. The molecule has 0 fully saturated rings. The summed E-state index contributed by atoms with van der Waals surface area (Å²) in [5.41, 5.74) is 0.0157. The Kier molecular flexibility index (Phi) is 3.46. The van der Waals surface area contributed by atoms with Crippen molar-refractivity contribution in [3.63, 3.8) is 0 Å². The van der Waals surface area contributed by atoms with E-state index in [9.17, 15) is 9.59 Å². The Morgan fingerprint density at radius 1 is 1.56 bits per heavy atom. The van der Waals surface area contributed by atoms with Gasteiger partial charge in [0, 0.05) is 5.69 Å². The van der Waals surface area contributed by atoms with Crippen LogP contribution in [0.4, 0.5) is 0 Å². The zero-order valence-corrected chi connectivity index (χ0v) is 9.33. The van der Waals surface area contributed by atoms with Crippen molar-refractivity contribution in [2.45, 2.75) is 26.9 Å². The summed E-state index contributed by atoms with van der Waals surface area (Å²) in [7, 11) is 0.